The molecule has 1 N–H and O–H groups in total. The Kier molecular flexibility index (Phi) is 2.97. The van der Waals surface area contributed by atoms with Gasteiger partial charge in [0.05, 0.1) is 0 Å². The molecular formula is C17H17NO2. The average molecular weight is 267 g/mol. The lowest BCUT2D eigenvalue weighted by molar-refractivity contribution is -0.143. The Morgan fingerprint density at radius 1 is 1.15 bits per heavy atom. The summed E-state index contributed by atoms with van der Waals surface area (Å²) in [5.41, 5.74) is 2.15. The number of nitrogens with zero attached hydrogens (tertiary/aromatic N) is 1. The summed E-state index contributed by atoms with van der Waals surface area (Å²) < 4.78 is 0. The minimum atomic E-state index is -0.884. The lowest BCUT2D eigenvalue weighted by atomic mass is 9.91. The van der Waals surface area contributed by atoms with E-state index in [4.69, 9.17) is 0 Å². The highest BCUT2D eigenvalue weighted by atomic mass is 16.4. The van der Waals surface area contributed by atoms with Crippen LogP contribution in [0, 0.1) is 0 Å². The second-order valence-electron chi connectivity index (χ2n) is 5.17. The van der Waals surface area contributed by atoms with Gasteiger partial charge >= 0.3 is 5.97 Å². The Hall–Kier alpha value is -2.29. The quantitative estimate of drug-likeness (QED) is 0.923. The van der Waals surface area contributed by atoms with Gasteiger partial charge in [0.25, 0.3) is 0 Å². The number of hydrogen-bond acceptors (Lipinski definition) is 2. The molecule has 102 valence electrons. The molecule has 2 aromatic rings. The summed E-state index contributed by atoms with van der Waals surface area (Å²) >= 11 is 0. The molecule has 3 nitrogen and oxygen atoms in total. The van der Waals surface area contributed by atoms with Crippen LogP contribution >= 0.6 is 0 Å². The molecule has 0 aliphatic carbocycles. The van der Waals surface area contributed by atoms with Crippen molar-refractivity contribution in [3.63, 3.8) is 0 Å². The number of carboxylic acid groups (broad SMARTS) is 1. The molecule has 1 aliphatic heterocycles. The predicted octanol–water partition coefficient (Wildman–Crippen LogP) is 3.61. The minimum Gasteiger partial charge on any atom is -0.479 e. The predicted molar refractivity (Wildman–Crippen MR) is 79.4 cm³/mol. The maximum Gasteiger partial charge on any atom is 0.330 e. The second-order valence-corrected chi connectivity index (χ2v) is 5.17. The van der Waals surface area contributed by atoms with E-state index in [-0.39, 0.29) is 0 Å². The molecule has 0 saturated carbocycles. The summed E-state index contributed by atoms with van der Waals surface area (Å²) in [6, 6.07) is 17.7. The zero-order valence-electron chi connectivity index (χ0n) is 11.4. The van der Waals surface area contributed by atoms with E-state index in [0.717, 1.165) is 16.9 Å². The van der Waals surface area contributed by atoms with Crippen LogP contribution in [0.15, 0.2) is 54.6 Å². The van der Waals surface area contributed by atoms with Gasteiger partial charge in [-0.15, -0.1) is 0 Å². The van der Waals surface area contributed by atoms with Gasteiger partial charge in [-0.2, -0.15) is 0 Å². The molecule has 1 heterocycles. The van der Waals surface area contributed by atoms with E-state index < -0.39 is 11.5 Å². The van der Waals surface area contributed by atoms with E-state index in [0.29, 0.717) is 12.8 Å². The van der Waals surface area contributed by atoms with Gasteiger partial charge in [-0.25, -0.2) is 4.79 Å². The minimum absolute atomic E-state index is 0.546. The van der Waals surface area contributed by atoms with Gasteiger partial charge in [0, 0.05) is 17.8 Å². The zero-order valence-corrected chi connectivity index (χ0v) is 11.4. The fourth-order valence-corrected chi connectivity index (χ4v) is 3.07. The van der Waals surface area contributed by atoms with Gasteiger partial charge in [0.1, 0.15) is 5.54 Å². The number of para-hydroxylation sites is 2. The van der Waals surface area contributed by atoms with Gasteiger partial charge in [-0.1, -0.05) is 43.3 Å². The van der Waals surface area contributed by atoms with Crippen molar-refractivity contribution in [3.8, 4) is 0 Å². The fraction of sp³-hybridized carbons (Fsp3) is 0.235. The third-order valence-corrected chi connectivity index (χ3v) is 4.14. The SMILES string of the molecule is CCC1(C(=O)O)Cc2ccccc2N1c1ccccc1. The van der Waals surface area contributed by atoms with Crippen molar-refractivity contribution in [1.29, 1.82) is 0 Å². The summed E-state index contributed by atoms with van der Waals surface area (Å²) in [6.45, 7) is 1.94. The first-order valence-corrected chi connectivity index (χ1v) is 6.85. The van der Waals surface area contributed by atoms with Crippen LogP contribution in [0.3, 0.4) is 0 Å². The van der Waals surface area contributed by atoms with Crippen molar-refractivity contribution in [3.05, 3.63) is 60.2 Å². The van der Waals surface area contributed by atoms with Crippen molar-refractivity contribution in [2.45, 2.75) is 25.3 Å². The van der Waals surface area contributed by atoms with Gasteiger partial charge < -0.3 is 10.0 Å². The summed E-state index contributed by atoms with van der Waals surface area (Å²) in [7, 11) is 0. The number of fused-ring (bicyclic) bond motifs is 1. The summed E-state index contributed by atoms with van der Waals surface area (Å²) in [6.07, 6.45) is 1.11. The summed E-state index contributed by atoms with van der Waals surface area (Å²) in [5.74, 6) is -0.764. The van der Waals surface area contributed by atoms with E-state index in [1.54, 1.807) is 0 Å². The first-order chi connectivity index (χ1) is 9.69. The molecule has 1 aliphatic rings. The number of hydrogen-bond donors (Lipinski definition) is 1. The molecule has 0 saturated heterocycles. The molecule has 0 radical (unpaired) electrons. The maximum absolute atomic E-state index is 12.0. The molecule has 2 aromatic carbocycles. The van der Waals surface area contributed by atoms with Gasteiger partial charge in [-0.05, 0) is 30.2 Å². The molecule has 3 heteroatoms. The molecule has 1 unspecified atom stereocenters. The largest absolute Gasteiger partial charge is 0.479 e. The standard InChI is InChI=1S/C17H17NO2/c1-2-17(16(19)20)12-13-8-6-7-11-15(13)18(17)14-9-4-3-5-10-14/h3-11H,2,12H2,1H3,(H,19,20). The highest BCUT2D eigenvalue weighted by Crippen LogP contribution is 2.45. The normalized spacial score (nSPS) is 20.8. The van der Waals surface area contributed by atoms with Crippen molar-refractivity contribution < 1.29 is 9.90 Å². The molecule has 0 bridgehead atoms. The summed E-state index contributed by atoms with van der Waals surface area (Å²) in [4.78, 5) is 13.9. The van der Waals surface area contributed by atoms with Crippen LogP contribution in [-0.2, 0) is 11.2 Å². The highest BCUT2D eigenvalue weighted by molar-refractivity contribution is 5.91. The van der Waals surface area contributed by atoms with Crippen molar-refractivity contribution in [2.75, 3.05) is 4.90 Å². The number of anilines is 2. The molecule has 20 heavy (non-hydrogen) atoms. The molecule has 0 spiro atoms. The molecule has 0 aromatic heterocycles. The average Bonchev–Trinajstić information content (AvgIpc) is 2.83. The van der Waals surface area contributed by atoms with Crippen LogP contribution in [0.25, 0.3) is 0 Å². The topological polar surface area (TPSA) is 40.5 Å². The highest BCUT2D eigenvalue weighted by Gasteiger charge is 2.49. The van der Waals surface area contributed by atoms with Gasteiger partial charge in [-0.3, -0.25) is 0 Å². The van der Waals surface area contributed by atoms with Crippen LogP contribution in [0.5, 0.6) is 0 Å². The van der Waals surface area contributed by atoms with Crippen LogP contribution < -0.4 is 4.90 Å². The Morgan fingerprint density at radius 2 is 1.80 bits per heavy atom. The molecule has 3 rings (SSSR count). The van der Waals surface area contributed by atoms with Crippen molar-refractivity contribution >= 4 is 17.3 Å². The van der Waals surface area contributed by atoms with Crippen LogP contribution in [0.4, 0.5) is 11.4 Å². The molecule has 0 fully saturated rings. The fourth-order valence-electron chi connectivity index (χ4n) is 3.07. The van der Waals surface area contributed by atoms with Crippen molar-refractivity contribution in [2.24, 2.45) is 0 Å². The third kappa shape index (κ3) is 1.70. The van der Waals surface area contributed by atoms with Crippen LogP contribution in [0.1, 0.15) is 18.9 Å². The van der Waals surface area contributed by atoms with Crippen LogP contribution in [0.2, 0.25) is 0 Å². The number of carbonyl (C=O) groups is 1. The molecular weight excluding hydrogens is 250 g/mol. The van der Waals surface area contributed by atoms with E-state index in [1.807, 2.05) is 66.4 Å². The Labute approximate surface area is 118 Å². The maximum atomic E-state index is 12.0. The molecule has 1 atom stereocenters. The Bertz CT molecular complexity index is 638. The number of benzene rings is 2. The zero-order chi connectivity index (χ0) is 14.2. The summed E-state index contributed by atoms with van der Waals surface area (Å²) in [5, 5.41) is 9.83. The first-order valence-electron chi connectivity index (χ1n) is 6.85. The van der Waals surface area contributed by atoms with E-state index >= 15 is 0 Å². The van der Waals surface area contributed by atoms with E-state index in [1.165, 1.54) is 0 Å². The number of aliphatic carboxylic acids is 1. The Balaban J connectivity index is 2.21. The van der Waals surface area contributed by atoms with Crippen LogP contribution in [-0.4, -0.2) is 16.6 Å². The number of carboxylic acids is 1. The number of rotatable bonds is 3. The Morgan fingerprint density at radius 3 is 2.45 bits per heavy atom. The van der Waals surface area contributed by atoms with E-state index in [9.17, 15) is 9.90 Å². The third-order valence-electron chi connectivity index (χ3n) is 4.14. The molecule has 0 amide bonds. The van der Waals surface area contributed by atoms with E-state index in [2.05, 4.69) is 0 Å². The first kappa shape index (κ1) is 12.7. The van der Waals surface area contributed by atoms with Gasteiger partial charge in [0.2, 0.25) is 0 Å². The second kappa shape index (κ2) is 4.67. The monoisotopic (exact) mass is 267 g/mol. The smallest absolute Gasteiger partial charge is 0.330 e. The van der Waals surface area contributed by atoms with Gasteiger partial charge in [0.15, 0.2) is 0 Å². The lowest BCUT2D eigenvalue weighted by Gasteiger charge is -2.36. The lowest BCUT2D eigenvalue weighted by Crippen LogP contribution is -2.50. The van der Waals surface area contributed by atoms with Crippen molar-refractivity contribution in [1.82, 2.24) is 0 Å².